The Morgan fingerprint density at radius 1 is 0.389 bits per heavy atom. The molecule has 0 heterocycles. The number of aromatic hydroxyl groups is 2. The Labute approximate surface area is 210 Å². The first-order chi connectivity index (χ1) is 17.5. The first-order valence-electron chi connectivity index (χ1n) is 12.2. The van der Waals surface area contributed by atoms with Gasteiger partial charge in [0.1, 0.15) is 11.5 Å². The van der Waals surface area contributed by atoms with Gasteiger partial charge in [-0.25, -0.2) is 0 Å². The molecule has 0 fully saturated rings. The quantitative estimate of drug-likeness (QED) is 0.273. The maximum absolute atomic E-state index is 11.3. The number of benzene rings is 6. The van der Waals surface area contributed by atoms with Gasteiger partial charge in [0, 0.05) is 21.9 Å². The van der Waals surface area contributed by atoms with Crippen LogP contribution >= 0.6 is 0 Å². The van der Waals surface area contributed by atoms with E-state index in [1.165, 1.54) is 0 Å². The van der Waals surface area contributed by atoms with Crippen LogP contribution in [0.15, 0.2) is 109 Å². The monoisotopic (exact) mass is 466 g/mol. The lowest BCUT2D eigenvalue weighted by Gasteiger charge is -2.21. The second kappa shape index (κ2) is 8.58. The summed E-state index contributed by atoms with van der Waals surface area (Å²) in [5.74, 6) is 0.562. The molecule has 2 N–H and O–H groups in total. The Bertz CT molecular complexity index is 1650. The third-order valence-corrected chi connectivity index (χ3v) is 7.18. The van der Waals surface area contributed by atoms with Gasteiger partial charge in [0.05, 0.1) is 0 Å². The lowest BCUT2D eigenvalue weighted by atomic mass is 9.83. The Balaban J connectivity index is 1.66. The summed E-state index contributed by atoms with van der Waals surface area (Å²) in [7, 11) is 0. The molecule has 0 radical (unpaired) electrons. The molecule has 174 valence electrons. The zero-order chi connectivity index (χ0) is 24.8. The second-order valence-electron chi connectivity index (χ2n) is 9.36. The highest BCUT2D eigenvalue weighted by Gasteiger charge is 2.21. The van der Waals surface area contributed by atoms with Crippen molar-refractivity contribution >= 4 is 21.5 Å². The van der Waals surface area contributed by atoms with E-state index in [9.17, 15) is 10.2 Å². The van der Waals surface area contributed by atoms with E-state index in [2.05, 4.69) is 50.2 Å². The van der Waals surface area contributed by atoms with Crippen LogP contribution in [0, 0.1) is 13.8 Å². The summed E-state index contributed by atoms with van der Waals surface area (Å²) in [6.45, 7) is 4.21. The highest BCUT2D eigenvalue weighted by atomic mass is 16.3. The van der Waals surface area contributed by atoms with Crippen molar-refractivity contribution in [3.63, 3.8) is 0 Å². The van der Waals surface area contributed by atoms with Gasteiger partial charge < -0.3 is 10.2 Å². The largest absolute Gasteiger partial charge is 0.507 e. The van der Waals surface area contributed by atoms with Gasteiger partial charge in [-0.15, -0.1) is 0 Å². The fraction of sp³-hybridized carbons (Fsp3) is 0.0588. The van der Waals surface area contributed by atoms with Crippen LogP contribution in [0.1, 0.15) is 11.1 Å². The van der Waals surface area contributed by atoms with Crippen molar-refractivity contribution in [1.82, 2.24) is 0 Å². The second-order valence-corrected chi connectivity index (χ2v) is 9.36. The molecule has 6 aromatic carbocycles. The van der Waals surface area contributed by atoms with Crippen molar-refractivity contribution in [2.45, 2.75) is 13.8 Å². The highest BCUT2D eigenvalue weighted by Crippen LogP contribution is 2.47. The summed E-state index contributed by atoms with van der Waals surface area (Å²) in [6.07, 6.45) is 0. The molecule has 0 atom stereocenters. The molecule has 0 aliphatic rings. The zero-order valence-electron chi connectivity index (χ0n) is 20.3. The minimum atomic E-state index is 0.281. The Morgan fingerprint density at radius 2 is 0.806 bits per heavy atom. The fourth-order valence-electron chi connectivity index (χ4n) is 5.39. The average Bonchev–Trinajstić information content (AvgIpc) is 2.90. The average molecular weight is 467 g/mol. The SMILES string of the molecule is Cc1cccc(-c2ccc3ccccc3c2O)c1-c1c(C)cccc1-c1ccc2ccccc2c1O. The van der Waals surface area contributed by atoms with E-state index in [1.54, 1.807) is 0 Å². The molecule has 6 rings (SSSR count). The number of hydrogen-bond acceptors (Lipinski definition) is 2. The van der Waals surface area contributed by atoms with Gasteiger partial charge in [-0.2, -0.15) is 0 Å². The highest BCUT2D eigenvalue weighted by molar-refractivity contribution is 6.03. The first kappa shape index (κ1) is 21.9. The van der Waals surface area contributed by atoms with E-state index in [-0.39, 0.29) is 11.5 Å². The zero-order valence-corrected chi connectivity index (χ0v) is 20.3. The third kappa shape index (κ3) is 3.42. The molecule has 6 aromatic rings. The van der Waals surface area contributed by atoms with E-state index in [4.69, 9.17) is 0 Å². The van der Waals surface area contributed by atoms with Crippen LogP contribution < -0.4 is 0 Å². The topological polar surface area (TPSA) is 40.5 Å². The first-order valence-corrected chi connectivity index (χ1v) is 12.2. The maximum atomic E-state index is 11.3. The number of fused-ring (bicyclic) bond motifs is 2. The van der Waals surface area contributed by atoms with Crippen molar-refractivity contribution in [3.8, 4) is 44.9 Å². The molecule has 0 amide bonds. The molecule has 36 heavy (non-hydrogen) atoms. The van der Waals surface area contributed by atoms with Crippen LogP contribution in [0.2, 0.25) is 0 Å². The van der Waals surface area contributed by atoms with Crippen molar-refractivity contribution < 1.29 is 10.2 Å². The van der Waals surface area contributed by atoms with Gasteiger partial charge in [0.2, 0.25) is 0 Å². The minimum absolute atomic E-state index is 0.281. The Hall–Kier alpha value is -4.56. The van der Waals surface area contributed by atoms with Gasteiger partial charge in [-0.1, -0.05) is 97.1 Å². The number of aryl methyl sites for hydroxylation is 2. The van der Waals surface area contributed by atoms with Crippen LogP contribution in [0.25, 0.3) is 54.9 Å². The third-order valence-electron chi connectivity index (χ3n) is 7.18. The van der Waals surface area contributed by atoms with E-state index >= 15 is 0 Å². The predicted molar refractivity (Wildman–Crippen MR) is 151 cm³/mol. The molecule has 0 aromatic heterocycles. The van der Waals surface area contributed by atoms with Crippen LogP contribution in [0.4, 0.5) is 0 Å². The van der Waals surface area contributed by atoms with Gasteiger partial charge in [0.25, 0.3) is 0 Å². The summed E-state index contributed by atoms with van der Waals surface area (Å²) in [5, 5.41) is 26.4. The lowest BCUT2D eigenvalue weighted by molar-refractivity contribution is 0.483. The Morgan fingerprint density at radius 3 is 1.25 bits per heavy atom. The van der Waals surface area contributed by atoms with Crippen LogP contribution in [-0.2, 0) is 0 Å². The van der Waals surface area contributed by atoms with Gasteiger partial charge in [-0.05, 0) is 70.1 Å². The van der Waals surface area contributed by atoms with E-state index < -0.39 is 0 Å². The molecule has 0 saturated heterocycles. The fourth-order valence-corrected chi connectivity index (χ4v) is 5.39. The van der Waals surface area contributed by atoms with Crippen LogP contribution in [0.5, 0.6) is 11.5 Å². The maximum Gasteiger partial charge on any atom is 0.131 e. The molecule has 0 aliphatic carbocycles. The van der Waals surface area contributed by atoms with Crippen molar-refractivity contribution in [3.05, 3.63) is 120 Å². The van der Waals surface area contributed by atoms with E-state index in [0.29, 0.717) is 0 Å². The standard InChI is InChI=1S/C34H26O2/c1-21-9-7-15-27(29-19-17-23-11-3-5-13-25(23)33(29)35)31(21)32-22(2)10-8-16-28(32)30-20-18-24-12-4-6-14-26(24)34(30)36/h3-20,35-36H,1-2H3. The van der Waals surface area contributed by atoms with Crippen molar-refractivity contribution in [1.29, 1.82) is 0 Å². The molecule has 0 aliphatic heterocycles. The lowest BCUT2D eigenvalue weighted by Crippen LogP contribution is -1.96. The molecular weight excluding hydrogens is 440 g/mol. The van der Waals surface area contributed by atoms with Crippen molar-refractivity contribution in [2.24, 2.45) is 0 Å². The predicted octanol–water partition coefficient (Wildman–Crippen LogP) is 9.02. The van der Waals surface area contributed by atoms with Crippen LogP contribution in [0.3, 0.4) is 0 Å². The van der Waals surface area contributed by atoms with Gasteiger partial charge >= 0.3 is 0 Å². The molecule has 0 bridgehead atoms. The van der Waals surface area contributed by atoms with Gasteiger partial charge in [0.15, 0.2) is 0 Å². The molecule has 2 heteroatoms. The molecule has 0 unspecified atom stereocenters. The Kier molecular flexibility index (Phi) is 5.23. The number of hydrogen-bond donors (Lipinski definition) is 2. The smallest absolute Gasteiger partial charge is 0.131 e. The van der Waals surface area contributed by atoms with E-state index in [0.717, 1.165) is 66.1 Å². The number of phenolic OH excluding ortho intramolecular Hbond substituents is 2. The van der Waals surface area contributed by atoms with E-state index in [1.807, 2.05) is 72.8 Å². The summed E-state index contributed by atoms with van der Waals surface area (Å²) < 4.78 is 0. The molecule has 2 nitrogen and oxygen atoms in total. The normalized spacial score (nSPS) is 11.3. The van der Waals surface area contributed by atoms with Crippen molar-refractivity contribution in [2.75, 3.05) is 0 Å². The number of rotatable bonds is 3. The molecular formula is C34H26O2. The molecule has 0 saturated carbocycles. The summed E-state index contributed by atoms with van der Waals surface area (Å²) >= 11 is 0. The summed E-state index contributed by atoms with van der Waals surface area (Å²) in [4.78, 5) is 0. The summed E-state index contributed by atoms with van der Waals surface area (Å²) in [5.41, 5.74) is 7.86. The van der Waals surface area contributed by atoms with Crippen LogP contribution in [-0.4, -0.2) is 10.2 Å². The minimum Gasteiger partial charge on any atom is -0.507 e. The number of phenols is 2. The summed E-state index contributed by atoms with van der Waals surface area (Å²) in [6, 6.07) is 36.3. The van der Waals surface area contributed by atoms with Gasteiger partial charge in [-0.3, -0.25) is 0 Å². The molecule has 0 spiro atoms.